The molecule has 2 amide bonds. The SMILES string of the molecule is [CH2][C@@H](Cc1ccccc1)NC(=O)N1CCN(CC=C)CC1. The van der Waals surface area contributed by atoms with Gasteiger partial charge in [-0.15, -0.1) is 6.58 Å². The zero-order valence-corrected chi connectivity index (χ0v) is 12.5. The molecule has 0 saturated carbocycles. The van der Waals surface area contributed by atoms with Crippen molar-refractivity contribution in [2.45, 2.75) is 12.5 Å². The van der Waals surface area contributed by atoms with Gasteiger partial charge in [-0.1, -0.05) is 36.4 Å². The van der Waals surface area contributed by atoms with E-state index in [0.717, 1.165) is 39.1 Å². The highest BCUT2D eigenvalue weighted by Crippen LogP contribution is 2.05. The Kier molecular flexibility index (Phi) is 5.81. The molecular formula is C17H24N3O. The van der Waals surface area contributed by atoms with E-state index in [2.05, 4.69) is 35.9 Å². The molecule has 1 aliphatic rings. The Hall–Kier alpha value is -1.81. The van der Waals surface area contributed by atoms with Crippen LogP contribution < -0.4 is 5.32 Å². The summed E-state index contributed by atoms with van der Waals surface area (Å²) in [6.07, 6.45) is 2.66. The second-order valence-corrected chi connectivity index (χ2v) is 5.41. The summed E-state index contributed by atoms with van der Waals surface area (Å²) in [5.74, 6) is 0. The molecule has 4 nitrogen and oxygen atoms in total. The zero-order chi connectivity index (χ0) is 15.1. The van der Waals surface area contributed by atoms with E-state index in [1.807, 2.05) is 29.2 Å². The van der Waals surface area contributed by atoms with Gasteiger partial charge in [0.25, 0.3) is 0 Å². The van der Waals surface area contributed by atoms with Gasteiger partial charge in [0.15, 0.2) is 0 Å². The number of benzene rings is 1. The van der Waals surface area contributed by atoms with Crippen molar-refractivity contribution in [2.75, 3.05) is 32.7 Å². The van der Waals surface area contributed by atoms with Crippen molar-refractivity contribution in [2.24, 2.45) is 0 Å². The maximum atomic E-state index is 12.2. The van der Waals surface area contributed by atoms with Crippen molar-refractivity contribution in [3.8, 4) is 0 Å². The molecule has 1 saturated heterocycles. The van der Waals surface area contributed by atoms with Crippen LogP contribution in [0.4, 0.5) is 4.79 Å². The lowest BCUT2D eigenvalue weighted by Gasteiger charge is -2.34. The number of carbonyl (C=O) groups excluding carboxylic acids is 1. The number of nitrogens with zero attached hydrogens (tertiary/aromatic N) is 2. The molecule has 1 fully saturated rings. The first-order valence-electron chi connectivity index (χ1n) is 7.44. The summed E-state index contributed by atoms with van der Waals surface area (Å²) >= 11 is 0. The topological polar surface area (TPSA) is 35.6 Å². The fourth-order valence-electron chi connectivity index (χ4n) is 2.53. The number of hydrogen-bond acceptors (Lipinski definition) is 2. The Morgan fingerprint density at radius 1 is 1.24 bits per heavy atom. The summed E-state index contributed by atoms with van der Waals surface area (Å²) in [5, 5.41) is 2.98. The normalized spacial score (nSPS) is 17.3. The molecule has 1 atom stereocenters. The largest absolute Gasteiger partial charge is 0.335 e. The van der Waals surface area contributed by atoms with E-state index in [9.17, 15) is 4.79 Å². The van der Waals surface area contributed by atoms with Gasteiger partial charge in [0.2, 0.25) is 0 Å². The summed E-state index contributed by atoms with van der Waals surface area (Å²) in [7, 11) is 0. The van der Waals surface area contributed by atoms with Crippen LogP contribution in [0, 0.1) is 6.92 Å². The van der Waals surface area contributed by atoms with Crippen LogP contribution in [0.2, 0.25) is 0 Å². The zero-order valence-electron chi connectivity index (χ0n) is 12.5. The Bertz CT molecular complexity index is 452. The minimum Gasteiger partial charge on any atom is -0.335 e. The predicted octanol–water partition coefficient (Wildman–Crippen LogP) is 1.94. The smallest absolute Gasteiger partial charge is 0.317 e. The molecule has 0 aliphatic carbocycles. The second kappa shape index (κ2) is 7.84. The van der Waals surface area contributed by atoms with Crippen LogP contribution in [0.15, 0.2) is 43.0 Å². The van der Waals surface area contributed by atoms with Gasteiger partial charge in [0, 0.05) is 38.8 Å². The molecular weight excluding hydrogens is 262 g/mol. The van der Waals surface area contributed by atoms with Gasteiger partial charge >= 0.3 is 6.03 Å². The maximum absolute atomic E-state index is 12.2. The summed E-state index contributed by atoms with van der Waals surface area (Å²) in [6, 6.07) is 9.99. The fraction of sp³-hybridized carbons (Fsp3) is 0.412. The number of carbonyl (C=O) groups is 1. The van der Waals surface area contributed by atoms with Crippen LogP contribution in [0.3, 0.4) is 0 Å². The lowest BCUT2D eigenvalue weighted by molar-refractivity contribution is 0.145. The predicted molar refractivity (Wildman–Crippen MR) is 86.0 cm³/mol. The van der Waals surface area contributed by atoms with Gasteiger partial charge in [-0.2, -0.15) is 0 Å². The summed E-state index contributed by atoms with van der Waals surface area (Å²) in [6.45, 7) is 12.0. The van der Waals surface area contributed by atoms with E-state index in [-0.39, 0.29) is 12.1 Å². The number of hydrogen-bond donors (Lipinski definition) is 1. The molecule has 1 heterocycles. The molecule has 1 aromatic carbocycles. The van der Waals surface area contributed by atoms with Gasteiger partial charge in [0.05, 0.1) is 0 Å². The number of urea groups is 1. The summed E-state index contributed by atoms with van der Waals surface area (Å²) in [4.78, 5) is 16.4. The molecule has 0 unspecified atom stereocenters. The summed E-state index contributed by atoms with van der Waals surface area (Å²) < 4.78 is 0. The van der Waals surface area contributed by atoms with E-state index in [0.29, 0.717) is 0 Å². The van der Waals surface area contributed by atoms with Crippen LogP contribution in [-0.2, 0) is 6.42 Å². The van der Waals surface area contributed by atoms with E-state index in [4.69, 9.17) is 0 Å². The first kappa shape index (κ1) is 15.6. The van der Waals surface area contributed by atoms with Crippen molar-refractivity contribution in [1.82, 2.24) is 15.1 Å². The quantitative estimate of drug-likeness (QED) is 0.840. The highest BCUT2D eigenvalue weighted by Gasteiger charge is 2.21. The molecule has 1 aromatic rings. The highest BCUT2D eigenvalue weighted by atomic mass is 16.2. The molecule has 2 rings (SSSR count). The molecule has 21 heavy (non-hydrogen) atoms. The Labute approximate surface area is 127 Å². The number of amides is 2. The first-order chi connectivity index (χ1) is 10.2. The average molecular weight is 286 g/mol. The van der Waals surface area contributed by atoms with Crippen LogP contribution in [-0.4, -0.2) is 54.6 Å². The van der Waals surface area contributed by atoms with Gasteiger partial charge < -0.3 is 10.2 Å². The van der Waals surface area contributed by atoms with Crippen molar-refractivity contribution in [3.63, 3.8) is 0 Å². The van der Waals surface area contributed by atoms with E-state index in [1.54, 1.807) is 0 Å². The Morgan fingerprint density at radius 2 is 1.90 bits per heavy atom. The monoisotopic (exact) mass is 286 g/mol. The highest BCUT2D eigenvalue weighted by molar-refractivity contribution is 5.74. The second-order valence-electron chi connectivity index (χ2n) is 5.41. The minimum absolute atomic E-state index is 0.0100. The standard InChI is InChI=1S/C17H24N3O/c1-3-9-19-10-12-20(13-11-19)17(21)18-15(2)14-16-7-5-4-6-8-16/h3-8,15H,1-2,9-14H2,(H,18,21)/t15-/m0/s1. The minimum atomic E-state index is -0.105. The molecule has 1 aliphatic heterocycles. The Balaban J connectivity index is 1.75. The Morgan fingerprint density at radius 3 is 2.52 bits per heavy atom. The van der Waals surface area contributed by atoms with Gasteiger partial charge in [-0.05, 0) is 18.9 Å². The average Bonchev–Trinajstić information content (AvgIpc) is 2.49. The van der Waals surface area contributed by atoms with Crippen molar-refractivity contribution < 1.29 is 4.79 Å². The summed E-state index contributed by atoms with van der Waals surface area (Å²) in [5.41, 5.74) is 1.19. The van der Waals surface area contributed by atoms with E-state index < -0.39 is 0 Å². The van der Waals surface area contributed by atoms with Crippen LogP contribution in [0.1, 0.15) is 5.56 Å². The van der Waals surface area contributed by atoms with Gasteiger partial charge in [-0.3, -0.25) is 4.90 Å². The third kappa shape index (κ3) is 4.90. The number of piperazine rings is 1. The molecule has 1 radical (unpaired) electrons. The van der Waals surface area contributed by atoms with Crippen LogP contribution >= 0.6 is 0 Å². The number of nitrogens with one attached hydrogen (secondary N) is 1. The molecule has 1 N–H and O–H groups in total. The lowest BCUT2D eigenvalue weighted by Crippen LogP contribution is -2.53. The first-order valence-corrected chi connectivity index (χ1v) is 7.44. The molecule has 0 spiro atoms. The van der Waals surface area contributed by atoms with Crippen LogP contribution in [0.25, 0.3) is 0 Å². The third-order valence-corrected chi connectivity index (χ3v) is 3.70. The molecule has 4 heteroatoms. The van der Waals surface area contributed by atoms with E-state index >= 15 is 0 Å². The maximum Gasteiger partial charge on any atom is 0.317 e. The number of rotatable bonds is 5. The molecule has 0 aromatic heterocycles. The van der Waals surface area contributed by atoms with E-state index in [1.165, 1.54) is 5.56 Å². The fourth-order valence-corrected chi connectivity index (χ4v) is 2.53. The van der Waals surface area contributed by atoms with Crippen molar-refractivity contribution >= 4 is 6.03 Å². The van der Waals surface area contributed by atoms with Crippen molar-refractivity contribution in [3.05, 3.63) is 55.5 Å². The third-order valence-electron chi connectivity index (χ3n) is 3.70. The molecule has 0 bridgehead atoms. The van der Waals surface area contributed by atoms with Gasteiger partial charge in [0.1, 0.15) is 0 Å². The van der Waals surface area contributed by atoms with Crippen molar-refractivity contribution in [1.29, 1.82) is 0 Å². The van der Waals surface area contributed by atoms with Gasteiger partial charge in [-0.25, -0.2) is 4.79 Å². The lowest BCUT2D eigenvalue weighted by atomic mass is 10.1. The molecule has 113 valence electrons. The van der Waals surface area contributed by atoms with Crippen LogP contribution in [0.5, 0.6) is 0 Å².